The topological polar surface area (TPSA) is 50.9 Å². The number of hydrogen-bond donors (Lipinski definition) is 2. The SMILES string of the molecule is Nc1cccc(NCc2ccncc2)c1. The minimum absolute atomic E-state index is 0.773. The second-order valence-electron chi connectivity index (χ2n) is 3.33. The van der Waals surface area contributed by atoms with Crippen molar-refractivity contribution in [2.45, 2.75) is 6.54 Å². The highest BCUT2D eigenvalue weighted by molar-refractivity contribution is 5.54. The van der Waals surface area contributed by atoms with E-state index >= 15 is 0 Å². The standard InChI is InChI=1S/C12H13N3/c13-11-2-1-3-12(8-11)15-9-10-4-6-14-7-5-10/h1-8,15H,9,13H2. The molecular weight excluding hydrogens is 186 g/mol. The number of nitrogens with zero attached hydrogens (tertiary/aromatic N) is 1. The second-order valence-corrected chi connectivity index (χ2v) is 3.33. The lowest BCUT2D eigenvalue weighted by molar-refractivity contribution is 1.13. The minimum Gasteiger partial charge on any atom is -0.399 e. The first-order chi connectivity index (χ1) is 7.34. The summed E-state index contributed by atoms with van der Waals surface area (Å²) < 4.78 is 0. The Hall–Kier alpha value is -2.03. The first-order valence-corrected chi connectivity index (χ1v) is 4.83. The summed E-state index contributed by atoms with van der Waals surface area (Å²) in [4.78, 5) is 3.97. The third kappa shape index (κ3) is 2.71. The monoisotopic (exact) mass is 199 g/mol. The lowest BCUT2D eigenvalue weighted by Gasteiger charge is -2.06. The third-order valence-corrected chi connectivity index (χ3v) is 2.13. The van der Waals surface area contributed by atoms with Gasteiger partial charge in [0, 0.05) is 30.3 Å². The molecule has 1 aromatic carbocycles. The van der Waals surface area contributed by atoms with E-state index in [1.807, 2.05) is 36.4 Å². The predicted molar refractivity (Wildman–Crippen MR) is 62.4 cm³/mol. The van der Waals surface area contributed by atoms with Gasteiger partial charge in [0.25, 0.3) is 0 Å². The van der Waals surface area contributed by atoms with Crippen LogP contribution in [0.3, 0.4) is 0 Å². The highest BCUT2D eigenvalue weighted by Crippen LogP contribution is 2.12. The van der Waals surface area contributed by atoms with Crippen LogP contribution in [0.4, 0.5) is 11.4 Å². The molecule has 2 rings (SSSR count). The Kier molecular flexibility index (Phi) is 2.83. The van der Waals surface area contributed by atoms with Crippen LogP contribution in [0.5, 0.6) is 0 Å². The fraction of sp³-hybridized carbons (Fsp3) is 0.0833. The van der Waals surface area contributed by atoms with Gasteiger partial charge in [0.05, 0.1) is 0 Å². The number of nitrogens with one attached hydrogen (secondary N) is 1. The van der Waals surface area contributed by atoms with Crippen LogP contribution >= 0.6 is 0 Å². The summed E-state index contributed by atoms with van der Waals surface area (Å²) in [5, 5.41) is 3.29. The van der Waals surface area contributed by atoms with Gasteiger partial charge in [-0.05, 0) is 35.9 Å². The Morgan fingerprint density at radius 3 is 2.67 bits per heavy atom. The van der Waals surface area contributed by atoms with Crippen molar-refractivity contribution >= 4 is 11.4 Å². The molecule has 15 heavy (non-hydrogen) atoms. The van der Waals surface area contributed by atoms with Crippen molar-refractivity contribution in [3.8, 4) is 0 Å². The van der Waals surface area contributed by atoms with E-state index < -0.39 is 0 Å². The Labute approximate surface area is 89.0 Å². The van der Waals surface area contributed by atoms with E-state index in [1.54, 1.807) is 12.4 Å². The highest BCUT2D eigenvalue weighted by Gasteiger charge is 1.93. The molecule has 0 saturated carbocycles. The average molecular weight is 199 g/mol. The molecule has 0 amide bonds. The molecule has 3 nitrogen and oxygen atoms in total. The van der Waals surface area contributed by atoms with Crippen LogP contribution in [-0.4, -0.2) is 4.98 Å². The third-order valence-electron chi connectivity index (χ3n) is 2.13. The Morgan fingerprint density at radius 1 is 1.13 bits per heavy atom. The summed E-state index contributed by atoms with van der Waals surface area (Å²) in [6, 6.07) is 11.7. The fourth-order valence-electron chi connectivity index (χ4n) is 1.35. The van der Waals surface area contributed by atoms with Gasteiger partial charge in [0.15, 0.2) is 0 Å². The van der Waals surface area contributed by atoms with E-state index in [2.05, 4.69) is 10.3 Å². The van der Waals surface area contributed by atoms with E-state index in [0.717, 1.165) is 17.9 Å². The number of anilines is 2. The van der Waals surface area contributed by atoms with Gasteiger partial charge in [0.2, 0.25) is 0 Å². The average Bonchev–Trinajstić information content (AvgIpc) is 2.28. The predicted octanol–water partition coefficient (Wildman–Crippen LogP) is 2.28. The molecule has 0 aliphatic rings. The van der Waals surface area contributed by atoms with E-state index in [-0.39, 0.29) is 0 Å². The van der Waals surface area contributed by atoms with Gasteiger partial charge in [-0.3, -0.25) is 4.98 Å². The van der Waals surface area contributed by atoms with Gasteiger partial charge in [-0.15, -0.1) is 0 Å². The maximum atomic E-state index is 5.68. The summed E-state index contributed by atoms with van der Waals surface area (Å²) in [5.74, 6) is 0. The number of aromatic nitrogens is 1. The van der Waals surface area contributed by atoms with E-state index in [1.165, 1.54) is 5.56 Å². The molecule has 0 bridgehead atoms. The Bertz CT molecular complexity index is 426. The molecule has 0 aliphatic carbocycles. The molecule has 3 heteroatoms. The van der Waals surface area contributed by atoms with Crippen molar-refractivity contribution in [2.75, 3.05) is 11.1 Å². The molecule has 0 spiro atoms. The number of rotatable bonds is 3. The van der Waals surface area contributed by atoms with Crippen molar-refractivity contribution < 1.29 is 0 Å². The number of hydrogen-bond acceptors (Lipinski definition) is 3. The van der Waals surface area contributed by atoms with Gasteiger partial charge in [0.1, 0.15) is 0 Å². The fourth-order valence-corrected chi connectivity index (χ4v) is 1.35. The van der Waals surface area contributed by atoms with Crippen molar-refractivity contribution in [2.24, 2.45) is 0 Å². The normalized spacial score (nSPS) is 9.87. The zero-order chi connectivity index (χ0) is 10.5. The number of nitrogen functional groups attached to an aromatic ring is 1. The summed E-state index contributed by atoms with van der Waals surface area (Å²) >= 11 is 0. The Balaban J connectivity index is 1.99. The van der Waals surface area contributed by atoms with Crippen LogP contribution in [0.15, 0.2) is 48.8 Å². The molecule has 1 aromatic heterocycles. The number of nitrogens with two attached hydrogens (primary N) is 1. The maximum absolute atomic E-state index is 5.68. The molecule has 0 atom stereocenters. The van der Waals surface area contributed by atoms with Crippen LogP contribution in [0.25, 0.3) is 0 Å². The van der Waals surface area contributed by atoms with Crippen LogP contribution < -0.4 is 11.1 Å². The van der Waals surface area contributed by atoms with Crippen LogP contribution in [0.1, 0.15) is 5.56 Å². The van der Waals surface area contributed by atoms with Crippen molar-refractivity contribution in [3.63, 3.8) is 0 Å². The zero-order valence-electron chi connectivity index (χ0n) is 8.35. The number of benzene rings is 1. The van der Waals surface area contributed by atoms with Gasteiger partial charge >= 0.3 is 0 Å². The summed E-state index contributed by atoms with van der Waals surface area (Å²) in [6.07, 6.45) is 3.58. The van der Waals surface area contributed by atoms with Crippen LogP contribution in [0, 0.1) is 0 Å². The molecule has 2 aromatic rings. The molecule has 76 valence electrons. The van der Waals surface area contributed by atoms with Crippen LogP contribution in [0.2, 0.25) is 0 Å². The Morgan fingerprint density at radius 2 is 1.93 bits per heavy atom. The van der Waals surface area contributed by atoms with Gasteiger partial charge in [-0.2, -0.15) is 0 Å². The first-order valence-electron chi connectivity index (χ1n) is 4.83. The van der Waals surface area contributed by atoms with E-state index in [0.29, 0.717) is 0 Å². The summed E-state index contributed by atoms with van der Waals surface area (Å²) in [5.41, 5.74) is 8.69. The maximum Gasteiger partial charge on any atom is 0.0401 e. The van der Waals surface area contributed by atoms with E-state index in [4.69, 9.17) is 5.73 Å². The number of pyridine rings is 1. The van der Waals surface area contributed by atoms with Crippen molar-refractivity contribution in [1.29, 1.82) is 0 Å². The quantitative estimate of drug-likeness (QED) is 0.745. The molecule has 3 N–H and O–H groups in total. The largest absolute Gasteiger partial charge is 0.399 e. The van der Waals surface area contributed by atoms with Gasteiger partial charge < -0.3 is 11.1 Å². The molecule has 1 heterocycles. The molecule has 0 radical (unpaired) electrons. The minimum atomic E-state index is 0.773. The second kappa shape index (κ2) is 4.46. The summed E-state index contributed by atoms with van der Waals surface area (Å²) in [7, 11) is 0. The van der Waals surface area contributed by atoms with E-state index in [9.17, 15) is 0 Å². The van der Waals surface area contributed by atoms with Crippen molar-refractivity contribution in [3.05, 3.63) is 54.4 Å². The van der Waals surface area contributed by atoms with Gasteiger partial charge in [-0.25, -0.2) is 0 Å². The molecule has 0 fully saturated rings. The molecule has 0 saturated heterocycles. The molecule has 0 aliphatic heterocycles. The highest BCUT2D eigenvalue weighted by atomic mass is 14.9. The first kappa shape index (κ1) is 9.52. The lowest BCUT2D eigenvalue weighted by Crippen LogP contribution is -1.99. The van der Waals surface area contributed by atoms with Gasteiger partial charge in [-0.1, -0.05) is 6.07 Å². The zero-order valence-corrected chi connectivity index (χ0v) is 8.35. The smallest absolute Gasteiger partial charge is 0.0401 e. The van der Waals surface area contributed by atoms with Crippen LogP contribution in [-0.2, 0) is 6.54 Å². The lowest BCUT2D eigenvalue weighted by atomic mass is 10.2. The molecular formula is C12H13N3. The van der Waals surface area contributed by atoms with Crippen molar-refractivity contribution in [1.82, 2.24) is 4.98 Å². The summed E-state index contributed by atoms with van der Waals surface area (Å²) in [6.45, 7) is 0.784. The molecule has 0 unspecified atom stereocenters.